The first-order chi connectivity index (χ1) is 10.2. The Morgan fingerprint density at radius 1 is 1.29 bits per heavy atom. The molecule has 2 rings (SSSR count). The summed E-state index contributed by atoms with van der Waals surface area (Å²) in [7, 11) is 0. The van der Waals surface area contributed by atoms with Gasteiger partial charge in [0.05, 0.1) is 6.54 Å². The van der Waals surface area contributed by atoms with Crippen molar-refractivity contribution < 1.29 is 9.53 Å². The van der Waals surface area contributed by atoms with Crippen molar-refractivity contribution in [2.45, 2.75) is 32.7 Å². The van der Waals surface area contributed by atoms with E-state index in [2.05, 4.69) is 25.2 Å². The molecule has 2 aromatic rings. The fourth-order valence-corrected chi connectivity index (χ4v) is 2.68. The molecule has 0 bridgehead atoms. The Morgan fingerprint density at radius 2 is 2.10 bits per heavy atom. The monoisotopic (exact) mass is 303 g/mol. The molecule has 1 aromatic carbocycles. The maximum atomic E-state index is 11.8. The van der Waals surface area contributed by atoms with E-state index in [1.807, 2.05) is 35.7 Å². The van der Waals surface area contributed by atoms with Crippen molar-refractivity contribution in [1.29, 1.82) is 0 Å². The maximum Gasteiger partial charge on any atom is 0.258 e. The summed E-state index contributed by atoms with van der Waals surface area (Å²) < 4.78 is 5.68. The molecule has 1 unspecified atom stereocenters. The predicted molar refractivity (Wildman–Crippen MR) is 86.8 cm³/mol. The topological polar surface area (TPSA) is 38.3 Å². The summed E-state index contributed by atoms with van der Waals surface area (Å²) in [6.45, 7) is 4.93. The molecule has 0 fully saturated rings. The average molecular weight is 303 g/mol. The Bertz CT molecular complexity index is 566. The Hall–Kier alpha value is -1.81. The van der Waals surface area contributed by atoms with Gasteiger partial charge in [-0.15, -0.1) is 11.3 Å². The molecular formula is C17H21NO2S. The minimum Gasteiger partial charge on any atom is -0.483 e. The highest BCUT2D eigenvalue weighted by molar-refractivity contribution is 7.09. The van der Waals surface area contributed by atoms with Crippen LogP contribution in [0.15, 0.2) is 41.8 Å². The predicted octanol–water partition coefficient (Wildman–Crippen LogP) is 3.96. The molecule has 0 aliphatic rings. The van der Waals surface area contributed by atoms with Gasteiger partial charge in [0.25, 0.3) is 5.91 Å². The number of thiophene rings is 1. The number of carbonyl (C=O) groups is 1. The highest BCUT2D eigenvalue weighted by Crippen LogP contribution is 2.28. The zero-order valence-electron chi connectivity index (χ0n) is 12.5. The summed E-state index contributed by atoms with van der Waals surface area (Å²) in [5, 5.41) is 4.86. The first-order valence-corrected chi connectivity index (χ1v) is 8.09. The Morgan fingerprint density at radius 3 is 2.81 bits per heavy atom. The van der Waals surface area contributed by atoms with Crippen molar-refractivity contribution in [3.8, 4) is 5.75 Å². The molecule has 0 aliphatic carbocycles. The third-order valence-electron chi connectivity index (χ3n) is 3.46. The van der Waals surface area contributed by atoms with Gasteiger partial charge in [-0.3, -0.25) is 4.79 Å². The van der Waals surface area contributed by atoms with Gasteiger partial charge in [0, 0.05) is 4.88 Å². The smallest absolute Gasteiger partial charge is 0.258 e. The molecular weight excluding hydrogens is 282 g/mol. The quantitative estimate of drug-likeness (QED) is 0.841. The second-order valence-corrected chi connectivity index (χ2v) is 6.02. The van der Waals surface area contributed by atoms with Crippen LogP contribution in [0.2, 0.25) is 0 Å². The van der Waals surface area contributed by atoms with Gasteiger partial charge in [0.1, 0.15) is 5.75 Å². The molecule has 0 saturated carbocycles. The van der Waals surface area contributed by atoms with Gasteiger partial charge in [-0.05, 0) is 35.4 Å². The van der Waals surface area contributed by atoms with Crippen molar-refractivity contribution in [2.75, 3.05) is 6.61 Å². The lowest BCUT2D eigenvalue weighted by Gasteiger charge is -2.15. The van der Waals surface area contributed by atoms with E-state index < -0.39 is 0 Å². The molecule has 1 atom stereocenters. The number of hydrogen-bond acceptors (Lipinski definition) is 3. The van der Waals surface area contributed by atoms with E-state index in [1.165, 1.54) is 0 Å². The van der Waals surface area contributed by atoms with Crippen molar-refractivity contribution in [2.24, 2.45) is 0 Å². The number of nitrogens with one attached hydrogen (secondary N) is 1. The van der Waals surface area contributed by atoms with Gasteiger partial charge < -0.3 is 10.1 Å². The molecule has 1 N–H and O–H groups in total. The summed E-state index contributed by atoms with van der Waals surface area (Å²) in [6, 6.07) is 11.9. The second-order valence-electron chi connectivity index (χ2n) is 4.99. The van der Waals surface area contributed by atoms with E-state index in [9.17, 15) is 4.79 Å². The largest absolute Gasteiger partial charge is 0.483 e. The summed E-state index contributed by atoms with van der Waals surface area (Å²) in [5.74, 6) is 1.14. The third-order valence-corrected chi connectivity index (χ3v) is 4.34. The first-order valence-electron chi connectivity index (χ1n) is 7.21. The highest BCUT2D eigenvalue weighted by atomic mass is 32.1. The molecule has 0 aliphatic heterocycles. The van der Waals surface area contributed by atoms with Gasteiger partial charge in [0.2, 0.25) is 0 Å². The van der Waals surface area contributed by atoms with E-state index in [0.29, 0.717) is 12.5 Å². The van der Waals surface area contributed by atoms with Crippen molar-refractivity contribution in [3.63, 3.8) is 0 Å². The number of benzene rings is 1. The van der Waals surface area contributed by atoms with Gasteiger partial charge in [-0.1, -0.05) is 38.1 Å². The van der Waals surface area contributed by atoms with Crippen LogP contribution in [-0.4, -0.2) is 12.5 Å². The SMILES string of the molecule is CCC(C)c1ccccc1OCC(=O)NCc1cccs1. The van der Waals surface area contributed by atoms with Gasteiger partial charge in [-0.2, -0.15) is 0 Å². The van der Waals surface area contributed by atoms with E-state index in [1.54, 1.807) is 11.3 Å². The standard InChI is InChI=1S/C17H21NO2S/c1-3-13(2)15-8-4-5-9-16(15)20-12-17(19)18-11-14-7-6-10-21-14/h4-10,13H,3,11-12H2,1-2H3,(H,18,19). The van der Waals surface area contributed by atoms with E-state index in [-0.39, 0.29) is 12.5 Å². The molecule has 0 saturated heterocycles. The fourth-order valence-electron chi connectivity index (χ4n) is 2.03. The Balaban J connectivity index is 1.86. The minimum atomic E-state index is -0.0950. The molecule has 3 nitrogen and oxygen atoms in total. The number of rotatable bonds is 7. The van der Waals surface area contributed by atoms with E-state index >= 15 is 0 Å². The van der Waals surface area contributed by atoms with Crippen LogP contribution in [0.5, 0.6) is 5.75 Å². The van der Waals surface area contributed by atoms with Crippen molar-refractivity contribution in [3.05, 3.63) is 52.2 Å². The van der Waals surface area contributed by atoms with E-state index in [0.717, 1.165) is 22.6 Å². The summed E-state index contributed by atoms with van der Waals surface area (Å²) >= 11 is 1.63. The zero-order chi connectivity index (χ0) is 15.1. The molecule has 0 radical (unpaired) electrons. The van der Waals surface area contributed by atoms with Gasteiger partial charge >= 0.3 is 0 Å². The number of hydrogen-bond donors (Lipinski definition) is 1. The molecule has 112 valence electrons. The zero-order valence-corrected chi connectivity index (χ0v) is 13.3. The first kappa shape index (κ1) is 15.6. The fraction of sp³-hybridized carbons (Fsp3) is 0.353. The lowest BCUT2D eigenvalue weighted by Crippen LogP contribution is -2.28. The third kappa shape index (κ3) is 4.60. The molecule has 1 heterocycles. The van der Waals surface area contributed by atoms with E-state index in [4.69, 9.17) is 4.74 Å². The van der Waals surface area contributed by atoms with Crippen LogP contribution in [0.1, 0.15) is 36.6 Å². The lowest BCUT2D eigenvalue weighted by atomic mass is 9.98. The molecule has 1 amide bonds. The van der Waals surface area contributed by atoms with Crippen LogP contribution in [0.25, 0.3) is 0 Å². The summed E-state index contributed by atoms with van der Waals surface area (Å²) in [5.41, 5.74) is 1.16. The number of para-hydroxylation sites is 1. The normalized spacial score (nSPS) is 11.9. The lowest BCUT2D eigenvalue weighted by molar-refractivity contribution is -0.123. The van der Waals surface area contributed by atoms with Crippen LogP contribution in [0, 0.1) is 0 Å². The number of carbonyl (C=O) groups excluding carboxylic acids is 1. The van der Waals surface area contributed by atoms with Crippen LogP contribution < -0.4 is 10.1 Å². The molecule has 1 aromatic heterocycles. The molecule has 0 spiro atoms. The Labute approximate surface area is 130 Å². The van der Waals surface area contributed by atoms with Gasteiger partial charge in [-0.25, -0.2) is 0 Å². The van der Waals surface area contributed by atoms with Crippen LogP contribution in [0.3, 0.4) is 0 Å². The maximum absolute atomic E-state index is 11.8. The average Bonchev–Trinajstić information content (AvgIpc) is 3.04. The van der Waals surface area contributed by atoms with Crippen molar-refractivity contribution in [1.82, 2.24) is 5.32 Å². The number of ether oxygens (including phenoxy) is 1. The van der Waals surface area contributed by atoms with Crippen LogP contribution in [0.4, 0.5) is 0 Å². The summed E-state index contributed by atoms with van der Waals surface area (Å²) in [4.78, 5) is 13.0. The van der Waals surface area contributed by atoms with Crippen molar-refractivity contribution >= 4 is 17.2 Å². The summed E-state index contributed by atoms with van der Waals surface area (Å²) in [6.07, 6.45) is 1.05. The second kappa shape index (κ2) is 7.84. The minimum absolute atomic E-state index is 0.0544. The van der Waals surface area contributed by atoms with Crippen LogP contribution >= 0.6 is 11.3 Å². The van der Waals surface area contributed by atoms with Crippen LogP contribution in [-0.2, 0) is 11.3 Å². The molecule has 4 heteroatoms. The Kier molecular flexibility index (Phi) is 5.81. The number of amides is 1. The molecule has 21 heavy (non-hydrogen) atoms. The highest BCUT2D eigenvalue weighted by Gasteiger charge is 2.11. The van der Waals surface area contributed by atoms with Gasteiger partial charge in [0.15, 0.2) is 6.61 Å².